The summed E-state index contributed by atoms with van der Waals surface area (Å²) in [6.45, 7) is 0. The zero-order valence-electron chi connectivity index (χ0n) is 17.4. The normalized spacial score (nSPS) is 14.7. The van der Waals surface area contributed by atoms with Crippen molar-refractivity contribution in [2.24, 2.45) is 0 Å². The molecule has 7 heteroatoms. The van der Waals surface area contributed by atoms with Crippen LogP contribution in [0, 0.1) is 11.3 Å². The second-order valence-electron chi connectivity index (χ2n) is 7.69. The number of halogens is 1. The van der Waals surface area contributed by atoms with Gasteiger partial charge in [-0.1, -0.05) is 53.9 Å². The Bertz CT molecular complexity index is 1360. The van der Waals surface area contributed by atoms with E-state index >= 15 is 0 Å². The van der Waals surface area contributed by atoms with Crippen molar-refractivity contribution in [3.63, 3.8) is 0 Å². The fourth-order valence-electron chi connectivity index (χ4n) is 4.28. The molecule has 0 fully saturated rings. The molecule has 0 aliphatic heterocycles. The Morgan fingerprint density at radius 2 is 1.97 bits per heavy atom. The Morgan fingerprint density at radius 3 is 2.81 bits per heavy atom. The van der Waals surface area contributed by atoms with Crippen LogP contribution in [0.1, 0.15) is 29.2 Å². The summed E-state index contributed by atoms with van der Waals surface area (Å²) in [5.74, 6) is 0. The van der Waals surface area contributed by atoms with Crippen molar-refractivity contribution >= 4 is 45.8 Å². The van der Waals surface area contributed by atoms with E-state index < -0.39 is 0 Å². The van der Waals surface area contributed by atoms with Crippen molar-refractivity contribution in [3.8, 4) is 17.2 Å². The molecule has 1 aliphatic rings. The van der Waals surface area contributed by atoms with Crippen molar-refractivity contribution in [2.75, 3.05) is 16.3 Å². The third kappa shape index (κ3) is 3.75. The van der Waals surface area contributed by atoms with E-state index in [-0.39, 0.29) is 6.04 Å². The lowest BCUT2D eigenvalue weighted by Gasteiger charge is -2.19. The summed E-state index contributed by atoms with van der Waals surface area (Å²) < 4.78 is 3.16. The Labute approximate surface area is 196 Å². The number of nitriles is 1. The van der Waals surface area contributed by atoms with Crippen molar-refractivity contribution in [3.05, 3.63) is 82.8 Å². The third-order valence-corrected chi connectivity index (χ3v) is 6.55. The summed E-state index contributed by atoms with van der Waals surface area (Å²) in [4.78, 5) is 8.84. The molecule has 0 amide bonds. The SMILES string of the molecule is CSNc1cc(-c2ccc3ncc(C#N)c(NC4CCc5ccccc54)c3c2)cnc1Cl. The smallest absolute Gasteiger partial charge is 0.152 e. The van der Waals surface area contributed by atoms with Crippen molar-refractivity contribution < 1.29 is 0 Å². The predicted octanol–water partition coefficient (Wildman–Crippen LogP) is 6.61. The van der Waals surface area contributed by atoms with Crippen LogP contribution in [-0.4, -0.2) is 16.2 Å². The standard InChI is InChI=1S/C25H20ClN5S/c1-32-31-23-11-17(13-29-25(23)26)16-7-8-21-20(10-16)24(18(12-27)14-28-21)30-22-9-6-15-4-2-3-5-19(15)22/h2-5,7-8,10-11,13-14,22,31H,6,9H2,1H3,(H,28,30). The average molecular weight is 458 g/mol. The fourth-order valence-corrected chi connectivity index (χ4v) is 4.86. The first-order valence-electron chi connectivity index (χ1n) is 10.3. The number of aryl methyl sites for hydroxylation is 1. The highest BCUT2D eigenvalue weighted by Gasteiger charge is 2.23. The molecule has 0 saturated carbocycles. The molecule has 2 aromatic heterocycles. The largest absolute Gasteiger partial charge is 0.377 e. The monoisotopic (exact) mass is 457 g/mol. The molecule has 158 valence electrons. The Kier molecular flexibility index (Phi) is 5.60. The van der Waals surface area contributed by atoms with Crippen LogP contribution < -0.4 is 10.0 Å². The van der Waals surface area contributed by atoms with Crippen LogP contribution in [0.25, 0.3) is 22.0 Å². The van der Waals surface area contributed by atoms with Gasteiger partial charge in [0.2, 0.25) is 0 Å². The number of nitrogens with one attached hydrogen (secondary N) is 2. The van der Waals surface area contributed by atoms with Crippen LogP contribution in [-0.2, 0) is 6.42 Å². The molecule has 0 radical (unpaired) electrons. The minimum atomic E-state index is 0.169. The molecule has 1 aliphatic carbocycles. The Morgan fingerprint density at radius 1 is 1.09 bits per heavy atom. The molecule has 5 rings (SSSR count). The van der Waals surface area contributed by atoms with Gasteiger partial charge in [0.05, 0.1) is 28.5 Å². The summed E-state index contributed by atoms with van der Waals surface area (Å²) in [5, 5.41) is 14.8. The lowest BCUT2D eigenvalue weighted by Crippen LogP contribution is -2.09. The highest BCUT2D eigenvalue weighted by Crippen LogP contribution is 2.38. The number of pyridine rings is 2. The van der Waals surface area contributed by atoms with Gasteiger partial charge in [-0.15, -0.1) is 0 Å². The maximum Gasteiger partial charge on any atom is 0.152 e. The second-order valence-corrected chi connectivity index (χ2v) is 8.66. The first-order valence-corrected chi connectivity index (χ1v) is 11.9. The van der Waals surface area contributed by atoms with Gasteiger partial charge in [-0.2, -0.15) is 5.26 Å². The molecule has 32 heavy (non-hydrogen) atoms. The second kappa shape index (κ2) is 8.70. The van der Waals surface area contributed by atoms with Gasteiger partial charge in [0, 0.05) is 29.6 Å². The molecule has 2 N–H and O–H groups in total. The molecule has 0 spiro atoms. The number of aromatic nitrogens is 2. The Balaban J connectivity index is 1.60. The molecule has 1 atom stereocenters. The number of rotatable bonds is 5. The topological polar surface area (TPSA) is 73.6 Å². The molecule has 0 saturated heterocycles. The van der Waals surface area contributed by atoms with Gasteiger partial charge in [-0.05, 0) is 47.7 Å². The minimum absolute atomic E-state index is 0.169. The predicted molar refractivity (Wildman–Crippen MR) is 133 cm³/mol. The Hall–Kier alpha value is -3.27. The lowest BCUT2D eigenvalue weighted by atomic mass is 10.0. The van der Waals surface area contributed by atoms with E-state index in [2.05, 4.69) is 56.4 Å². The van der Waals surface area contributed by atoms with Crippen LogP contribution >= 0.6 is 23.5 Å². The van der Waals surface area contributed by atoms with Crippen LogP contribution in [0.15, 0.2) is 60.9 Å². The number of hydrogen-bond donors (Lipinski definition) is 2. The molecule has 2 heterocycles. The van der Waals surface area contributed by atoms with Gasteiger partial charge in [0.25, 0.3) is 0 Å². The van der Waals surface area contributed by atoms with Crippen LogP contribution in [0.2, 0.25) is 5.15 Å². The number of nitrogens with zero attached hydrogens (tertiary/aromatic N) is 3. The lowest BCUT2D eigenvalue weighted by molar-refractivity contribution is 0.762. The maximum atomic E-state index is 9.79. The van der Waals surface area contributed by atoms with Gasteiger partial charge in [0.1, 0.15) is 6.07 Å². The summed E-state index contributed by atoms with van der Waals surface area (Å²) in [6, 6.07) is 19.0. The highest BCUT2D eigenvalue weighted by molar-refractivity contribution is 7.99. The minimum Gasteiger partial charge on any atom is -0.377 e. The third-order valence-electron chi connectivity index (χ3n) is 5.82. The van der Waals surface area contributed by atoms with Crippen LogP contribution in [0.4, 0.5) is 11.4 Å². The van der Waals surface area contributed by atoms with E-state index in [0.717, 1.165) is 46.2 Å². The highest BCUT2D eigenvalue weighted by atomic mass is 35.5. The summed E-state index contributed by atoms with van der Waals surface area (Å²) in [5.41, 5.74) is 7.55. The van der Waals surface area contributed by atoms with Crippen LogP contribution in [0.5, 0.6) is 0 Å². The van der Waals surface area contributed by atoms with Gasteiger partial charge < -0.3 is 10.0 Å². The number of hydrogen-bond acceptors (Lipinski definition) is 6. The summed E-state index contributed by atoms with van der Waals surface area (Å²) >= 11 is 7.68. The zero-order chi connectivity index (χ0) is 22.1. The zero-order valence-corrected chi connectivity index (χ0v) is 19.0. The first kappa shape index (κ1) is 20.6. The van der Waals surface area contributed by atoms with E-state index in [1.54, 1.807) is 12.4 Å². The van der Waals surface area contributed by atoms with Gasteiger partial charge in [0.15, 0.2) is 5.15 Å². The van der Waals surface area contributed by atoms with Gasteiger partial charge >= 0.3 is 0 Å². The quantitative estimate of drug-likeness (QED) is 0.259. The average Bonchev–Trinajstić information content (AvgIpc) is 3.23. The van der Waals surface area contributed by atoms with E-state index in [1.165, 1.54) is 23.1 Å². The van der Waals surface area contributed by atoms with Gasteiger partial charge in [-0.3, -0.25) is 4.98 Å². The molecule has 2 aromatic carbocycles. The molecular weight excluding hydrogens is 438 g/mol. The molecule has 4 aromatic rings. The van der Waals surface area contributed by atoms with Crippen LogP contribution in [0.3, 0.4) is 0 Å². The number of benzene rings is 2. The van der Waals surface area contributed by atoms with E-state index in [1.807, 2.05) is 24.5 Å². The van der Waals surface area contributed by atoms with Crippen molar-refractivity contribution in [2.45, 2.75) is 18.9 Å². The summed E-state index contributed by atoms with van der Waals surface area (Å²) in [6.07, 6.45) is 7.38. The number of fused-ring (bicyclic) bond motifs is 2. The van der Waals surface area contributed by atoms with E-state index in [0.29, 0.717) is 10.7 Å². The van der Waals surface area contributed by atoms with Crippen molar-refractivity contribution in [1.29, 1.82) is 5.26 Å². The van der Waals surface area contributed by atoms with E-state index in [4.69, 9.17) is 11.6 Å². The molecule has 5 nitrogen and oxygen atoms in total. The first-order chi connectivity index (χ1) is 15.7. The molecular formula is C25H20ClN5S. The van der Waals surface area contributed by atoms with E-state index in [9.17, 15) is 5.26 Å². The molecule has 0 bridgehead atoms. The van der Waals surface area contributed by atoms with Gasteiger partial charge in [-0.25, -0.2) is 4.98 Å². The molecule has 1 unspecified atom stereocenters. The number of anilines is 2. The van der Waals surface area contributed by atoms with Crippen molar-refractivity contribution in [1.82, 2.24) is 9.97 Å². The maximum absolute atomic E-state index is 9.79. The fraction of sp³-hybridized carbons (Fsp3) is 0.160. The summed E-state index contributed by atoms with van der Waals surface area (Å²) in [7, 11) is 0.